The van der Waals surface area contributed by atoms with Crippen molar-refractivity contribution < 1.29 is 0 Å². The molecule has 2 unspecified atom stereocenters. The summed E-state index contributed by atoms with van der Waals surface area (Å²) in [6.45, 7) is 5.63. The molecule has 2 heteroatoms. The van der Waals surface area contributed by atoms with E-state index in [1.807, 2.05) is 0 Å². The first-order valence-electron chi connectivity index (χ1n) is 6.43. The summed E-state index contributed by atoms with van der Waals surface area (Å²) in [5.41, 5.74) is 7.31. The summed E-state index contributed by atoms with van der Waals surface area (Å²) in [5.74, 6) is 0.924. The molecule has 2 bridgehead atoms. The van der Waals surface area contributed by atoms with Crippen molar-refractivity contribution in [3.63, 3.8) is 0 Å². The predicted octanol–water partition coefficient (Wildman–Crippen LogP) is 2.16. The summed E-state index contributed by atoms with van der Waals surface area (Å²) >= 11 is 0. The van der Waals surface area contributed by atoms with Gasteiger partial charge < -0.3 is 5.73 Å². The molecule has 0 spiro atoms. The van der Waals surface area contributed by atoms with E-state index in [4.69, 9.17) is 5.73 Å². The number of nitrogens with two attached hydrogens (primary N) is 1. The third-order valence-electron chi connectivity index (χ3n) is 3.86. The van der Waals surface area contributed by atoms with E-state index in [9.17, 15) is 0 Å². The average molecular weight is 208 g/mol. The van der Waals surface area contributed by atoms with E-state index >= 15 is 0 Å². The van der Waals surface area contributed by atoms with Crippen LogP contribution in [0.4, 0.5) is 0 Å². The highest BCUT2D eigenvalue weighted by atomic mass is 15.1. The Morgan fingerprint density at radius 2 is 2.40 bits per heavy atom. The molecule has 2 aliphatic rings. The molecular weight excluding hydrogens is 184 g/mol. The van der Waals surface area contributed by atoms with E-state index in [0.29, 0.717) is 6.04 Å². The second kappa shape index (κ2) is 5.13. The maximum atomic E-state index is 5.59. The first kappa shape index (κ1) is 11.2. The summed E-state index contributed by atoms with van der Waals surface area (Å²) in [5, 5.41) is 0. The molecule has 0 aromatic carbocycles. The average Bonchev–Trinajstić information content (AvgIpc) is 2.33. The van der Waals surface area contributed by atoms with Gasteiger partial charge in [-0.2, -0.15) is 0 Å². The second-order valence-corrected chi connectivity index (χ2v) is 5.17. The van der Waals surface area contributed by atoms with Crippen molar-refractivity contribution in [2.75, 3.05) is 19.6 Å². The lowest BCUT2D eigenvalue weighted by Gasteiger charge is -2.29. The van der Waals surface area contributed by atoms with Crippen molar-refractivity contribution in [2.24, 2.45) is 11.7 Å². The molecule has 2 rings (SSSR count). The lowest BCUT2D eigenvalue weighted by Crippen LogP contribution is -2.36. The van der Waals surface area contributed by atoms with Gasteiger partial charge in [0, 0.05) is 12.6 Å². The zero-order chi connectivity index (χ0) is 10.7. The fourth-order valence-corrected chi connectivity index (χ4v) is 3.03. The van der Waals surface area contributed by atoms with Gasteiger partial charge >= 0.3 is 0 Å². The third-order valence-corrected chi connectivity index (χ3v) is 3.86. The van der Waals surface area contributed by atoms with Gasteiger partial charge in [-0.15, -0.1) is 0 Å². The van der Waals surface area contributed by atoms with Crippen LogP contribution in [0.2, 0.25) is 0 Å². The lowest BCUT2D eigenvalue weighted by atomic mass is 9.86. The van der Waals surface area contributed by atoms with E-state index in [1.165, 1.54) is 38.8 Å². The van der Waals surface area contributed by atoms with Crippen LogP contribution in [0.5, 0.6) is 0 Å². The minimum absolute atomic E-state index is 0.634. The molecule has 1 saturated carbocycles. The van der Waals surface area contributed by atoms with Crippen LogP contribution in [0.15, 0.2) is 11.6 Å². The van der Waals surface area contributed by atoms with Gasteiger partial charge in [0.1, 0.15) is 0 Å². The van der Waals surface area contributed by atoms with Crippen LogP contribution in [-0.2, 0) is 0 Å². The summed E-state index contributed by atoms with van der Waals surface area (Å²) in [7, 11) is 0. The molecule has 1 aliphatic carbocycles. The molecule has 1 aliphatic heterocycles. The Morgan fingerprint density at radius 3 is 3.20 bits per heavy atom. The number of allylic oxidation sites excluding steroid dienone is 1. The molecule has 0 radical (unpaired) electrons. The SMILES string of the molecule is CC1C=C2CCCC(C2)CN1CCCN. The van der Waals surface area contributed by atoms with E-state index in [2.05, 4.69) is 17.9 Å². The monoisotopic (exact) mass is 208 g/mol. The number of hydrogen-bond acceptors (Lipinski definition) is 2. The summed E-state index contributed by atoms with van der Waals surface area (Å²) < 4.78 is 0. The van der Waals surface area contributed by atoms with Crippen molar-refractivity contribution in [2.45, 2.75) is 45.1 Å². The van der Waals surface area contributed by atoms with Crippen molar-refractivity contribution in [3.05, 3.63) is 11.6 Å². The molecule has 2 atom stereocenters. The molecule has 2 nitrogen and oxygen atoms in total. The molecule has 0 aromatic rings. The van der Waals surface area contributed by atoms with Crippen molar-refractivity contribution in [1.82, 2.24) is 4.90 Å². The minimum atomic E-state index is 0.634. The third kappa shape index (κ3) is 2.82. The normalized spacial score (nSPS) is 32.3. The smallest absolute Gasteiger partial charge is 0.0252 e. The Hall–Kier alpha value is -0.340. The van der Waals surface area contributed by atoms with E-state index < -0.39 is 0 Å². The fraction of sp³-hybridized carbons (Fsp3) is 0.846. The van der Waals surface area contributed by atoms with Gasteiger partial charge in [0.05, 0.1) is 0 Å². The highest BCUT2D eigenvalue weighted by molar-refractivity contribution is 5.12. The first-order valence-corrected chi connectivity index (χ1v) is 6.43. The summed E-state index contributed by atoms with van der Waals surface area (Å²) in [6, 6.07) is 0.634. The zero-order valence-electron chi connectivity index (χ0n) is 9.91. The topological polar surface area (TPSA) is 29.3 Å². The van der Waals surface area contributed by atoms with E-state index in [1.54, 1.807) is 5.57 Å². The fourth-order valence-electron chi connectivity index (χ4n) is 3.03. The number of fused-ring (bicyclic) bond motifs is 2. The molecule has 0 saturated heterocycles. The standard InChI is InChI=1S/C13H24N2/c1-11-8-12-4-2-5-13(9-12)10-15(11)7-3-6-14/h8,11,13H,2-7,9-10,14H2,1H3. The van der Waals surface area contributed by atoms with E-state index in [0.717, 1.165) is 18.9 Å². The maximum absolute atomic E-state index is 5.59. The first-order chi connectivity index (χ1) is 7.29. The number of hydrogen-bond donors (Lipinski definition) is 1. The van der Waals surface area contributed by atoms with Crippen LogP contribution in [0.3, 0.4) is 0 Å². The van der Waals surface area contributed by atoms with Crippen LogP contribution < -0.4 is 5.73 Å². The van der Waals surface area contributed by atoms with Crippen LogP contribution in [0.1, 0.15) is 39.0 Å². The largest absolute Gasteiger partial charge is 0.330 e. The Labute approximate surface area is 93.5 Å². The lowest BCUT2D eigenvalue weighted by molar-refractivity contribution is 0.200. The number of nitrogens with zero attached hydrogens (tertiary/aromatic N) is 1. The van der Waals surface area contributed by atoms with Crippen LogP contribution in [0.25, 0.3) is 0 Å². The van der Waals surface area contributed by atoms with Crippen molar-refractivity contribution in [3.8, 4) is 0 Å². The second-order valence-electron chi connectivity index (χ2n) is 5.17. The minimum Gasteiger partial charge on any atom is -0.330 e. The van der Waals surface area contributed by atoms with Gasteiger partial charge in [0.2, 0.25) is 0 Å². The van der Waals surface area contributed by atoms with Gasteiger partial charge in [-0.1, -0.05) is 11.6 Å². The molecule has 15 heavy (non-hydrogen) atoms. The van der Waals surface area contributed by atoms with Gasteiger partial charge in [-0.3, -0.25) is 4.90 Å². The predicted molar refractivity (Wildman–Crippen MR) is 64.7 cm³/mol. The molecule has 2 N–H and O–H groups in total. The van der Waals surface area contributed by atoms with Crippen molar-refractivity contribution in [1.29, 1.82) is 0 Å². The zero-order valence-corrected chi connectivity index (χ0v) is 9.91. The molecule has 0 aromatic heterocycles. The van der Waals surface area contributed by atoms with Gasteiger partial charge in [-0.05, 0) is 58.0 Å². The van der Waals surface area contributed by atoms with Gasteiger partial charge in [0.25, 0.3) is 0 Å². The number of rotatable bonds is 3. The van der Waals surface area contributed by atoms with Crippen LogP contribution in [-0.4, -0.2) is 30.6 Å². The molecule has 86 valence electrons. The van der Waals surface area contributed by atoms with Crippen LogP contribution >= 0.6 is 0 Å². The van der Waals surface area contributed by atoms with Crippen LogP contribution in [0, 0.1) is 5.92 Å². The van der Waals surface area contributed by atoms with E-state index in [-0.39, 0.29) is 0 Å². The Kier molecular flexibility index (Phi) is 3.81. The molecule has 1 fully saturated rings. The van der Waals surface area contributed by atoms with Gasteiger partial charge in [0.15, 0.2) is 0 Å². The summed E-state index contributed by atoms with van der Waals surface area (Å²) in [6.07, 6.45) is 9.21. The maximum Gasteiger partial charge on any atom is 0.0252 e. The molecule has 1 heterocycles. The molecule has 0 amide bonds. The Bertz CT molecular complexity index is 235. The van der Waals surface area contributed by atoms with Crippen molar-refractivity contribution >= 4 is 0 Å². The highest BCUT2D eigenvalue weighted by Crippen LogP contribution is 2.32. The van der Waals surface area contributed by atoms with Gasteiger partial charge in [-0.25, -0.2) is 0 Å². The Morgan fingerprint density at radius 1 is 1.53 bits per heavy atom. The summed E-state index contributed by atoms with van der Waals surface area (Å²) in [4.78, 5) is 2.62. The highest BCUT2D eigenvalue weighted by Gasteiger charge is 2.25. The molecular formula is C13H24N2. The Balaban J connectivity index is 2.00. The quantitative estimate of drug-likeness (QED) is 0.720.